The van der Waals surface area contributed by atoms with Crippen molar-refractivity contribution in [3.63, 3.8) is 0 Å². The van der Waals surface area contributed by atoms with Crippen molar-refractivity contribution in [1.29, 1.82) is 0 Å². The molecule has 1 aromatic carbocycles. The summed E-state index contributed by atoms with van der Waals surface area (Å²) in [6.07, 6.45) is 0.565. The molecule has 0 aliphatic heterocycles. The number of nitrogens with one attached hydrogen (secondary N) is 1. The van der Waals surface area contributed by atoms with E-state index >= 15 is 0 Å². The summed E-state index contributed by atoms with van der Waals surface area (Å²) in [5.41, 5.74) is 0.522. The fourth-order valence-electron chi connectivity index (χ4n) is 1.89. The zero-order chi connectivity index (χ0) is 14.3. The summed E-state index contributed by atoms with van der Waals surface area (Å²) >= 11 is 0. The second-order valence-corrected chi connectivity index (χ2v) is 5.10. The number of rotatable bonds is 7. The van der Waals surface area contributed by atoms with Crippen molar-refractivity contribution in [3.8, 4) is 0 Å². The molecule has 1 unspecified atom stereocenters. The van der Waals surface area contributed by atoms with Crippen LogP contribution in [-0.2, 0) is 9.53 Å². The lowest BCUT2D eigenvalue weighted by Crippen LogP contribution is -2.45. The zero-order valence-corrected chi connectivity index (χ0v) is 11.8. The summed E-state index contributed by atoms with van der Waals surface area (Å²) in [6, 6.07) is 8.96. The van der Waals surface area contributed by atoms with E-state index in [1.807, 2.05) is 44.2 Å². The van der Waals surface area contributed by atoms with Gasteiger partial charge in [0.1, 0.15) is 6.04 Å². The van der Waals surface area contributed by atoms with E-state index in [1.54, 1.807) is 6.92 Å². The third-order valence-corrected chi connectivity index (χ3v) is 2.93. The van der Waals surface area contributed by atoms with Crippen LogP contribution in [0.3, 0.4) is 0 Å². The predicted molar refractivity (Wildman–Crippen MR) is 74.7 cm³/mol. The van der Waals surface area contributed by atoms with Crippen molar-refractivity contribution >= 4 is 5.97 Å². The van der Waals surface area contributed by atoms with E-state index in [0.29, 0.717) is 13.0 Å². The summed E-state index contributed by atoms with van der Waals surface area (Å²) in [6.45, 7) is 6.13. The second-order valence-electron chi connectivity index (χ2n) is 5.10. The summed E-state index contributed by atoms with van der Waals surface area (Å²) in [5.74, 6) is -0.292. The van der Waals surface area contributed by atoms with E-state index in [9.17, 15) is 4.79 Å². The molecule has 1 aromatic rings. The van der Waals surface area contributed by atoms with Gasteiger partial charge in [0, 0.05) is 12.1 Å². The minimum absolute atomic E-state index is 0.0737. The maximum atomic E-state index is 12.1. The van der Waals surface area contributed by atoms with Gasteiger partial charge in [0.15, 0.2) is 0 Å². The number of aliphatic hydroxyl groups excluding tert-OH is 1. The molecule has 0 bridgehead atoms. The first-order valence-corrected chi connectivity index (χ1v) is 6.60. The Morgan fingerprint density at radius 1 is 1.37 bits per heavy atom. The highest BCUT2D eigenvalue weighted by Crippen LogP contribution is 2.20. The van der Waals surface area contributed by atoms with Crippen LogP contribution in [0.4, 0.5) is 0 Å². The third-order valence-electron chi connectivity index (χ3n) is 2.93. The van der Waals surface area contributed by atoms with Crippen molar-refractivity contribution in [1.82, 2.24) is 5.32 Å². The van der Waals surface area contributed by atoms with Crippen molar-refractivity contribution in [2.24, 2.45) is 0 Å². The number of esters is 1. The van der Waals surface area contributed by atoms with Gasteiger partial charge in [-0.05, 0) is 32.8 Å². The molecular weight excluding hydrogens is 242 g/mol. The average Bonchev–Trinajstić information content (AvgIpc) is 2.37. The van der Waals surface area contributed by atoms with Crippen molar-refractivity contribution in [2.45, 2.75) is 38.8 Å². The molecule has 4 heteroatoms. The highest BCUT2D eigenvalue weighted by atomic mass is 16.5. The first-order chi connectivity index (χ1) is 9.00. The van der Waals surface area contributed by atoms with Crippen LogP contribution in [0.15, 0.2) is 30.3 Å². The first kappa shape index (κ1) is 15.7. The van der Waals surface area contributed by atoms with Gasteiger partial charge in [0.05, 0.1) is 6.61 Å². The van der Waals surface area contributed by atoms with Gasteiger partial charge in [-0.1, -0.05) is 30.3 Å². The van der Waals surface area contributed by atoms with E-state index in [1.165, 1.54) is 0 Å². The molecule has 0 fully saturated rings. The Kier molecular flexibility index (Phi) is 5.99. The maximum Gasteiger partial charge on any atom is 0.327 e. The molecule has 0 spiro atoms. The van der Waals surface area contributed by atoms with Crippen molar-refractivity contribution < 1.29 is 14.6 Å². The molecule has 0 aliphatic rings. The van der Waals surface area contributed by atoms with Crippen LogP contribution in [0.5, 0.6) is 0 Å². The number of carbonyl (C=O) groups excluding carboxylic acids is 1. The van der Waals surface area contributed by atoms with Crippen LogP contribution in [0, 0.1) is 0 Å². The fraction of sp³-hybridized carbons (Fsp3) is 0.533. The molecule has 4 nitrogen and oxygen atoms in total. The van der Waals surface area contributed by atoms with Gasteiger partial charge in [-0.25, -0.2) is 4.79 Å². The monoisotopic (exact) mass is 265 g/mol. The van der Waals surface area contributed by atoms with Gasteiger partial charge < -0.3 is 9.84 Å². The SMILES string of the molecule is CCOC(=O)C(NC(C)(C)CCO)c1ccccc1. The van der Waals surface area contributed by atoms with Gasteiger partial charge in [-0.3, -0.25) is 5.32 Å². The number of ether oxygens (including phenoxy) is 1. The fourth-order valence-corrected chi connectivity index (χ4v) is 1.89. The molecule has 19 heavy (non-hydrogen) atoms. The van der Waals surface area contributed by atoms with Gasteiger partial charge >= 0.3 is 5.97 Å². The van der Waals surface area contributed by atoms with Gasteiger partial charge in [-0.2, -0.15) is 0 Å². The summed E-state index contributed by atoms with van der Waals surface area (Å²) in [7, 11) is 0. The Bertz CT molecular complexity index is 390. The molecule has 1 atom stereocenters. The molecule has 0 saturated heterocycles. The standard InChI is InChI=1S/C15H23NO3/c1-4-19-14(18)13(12-8-6-5-7-9-12)16-15(2,3)10-11-17/h5-9,13,16-17H,4,10-11H2,1-3H3. The van der Waals surface area contributed by atoms with Crippen molar-refractivity contribution in [2.75, 3.05) is 13.2 Å². The Balaban J connectivity index is 2.90. The first-order valence-electron chi connectivity index (χ1n) is 6.60. The quantitative estimate of drug-likeness (QED) is 0.741. The zero-order valence-electron chi connectivity index (χ0n) is 11.8. The van der Waals surface area contributed by atoms with Crippen LogP contribution in [0.1, 0.15) is 38.8 Å². The Morgan fingerprint density at radius 2 is 2.00 bits per heavy atom. The average molecular weight is 265 g/mol. The van der Waals surface area contributed by atoms with Crippen molar-refractivity contribution in [3.05, 3.63) is 35.9 Å². The normalized spacial score (nSPS) is 13.1. The number of hydrogen-bond donors (Lipinski definition) is 2. The van der Waals surface area contributed by atoms with Crippen LogP contribution >= 0.6 is 0 Å². The third kappa shape index (κ3) is 5.01. The number of benzene rings is 1. The molecule has 0 saturated carbocycles. The summed E-state index contributed by atoms with van der Waals surface area (Å²) in [5, 5.41) is 12.3. The number of aliphatic hydroxyl groups is 1. The molecule has 106 valence electrons. The van der Waals surface area contributed by atoms with Gasteiger partial charge in [0.25, 0.3) is 0 Å². The van der Waals surface area contributed by atoms with Crippen LogP contribution in [0.25, 0.3) is 0 Å². The number of carbonyl (C=O) groups is 1. The van der Waals surface area contributed by atoms with E-state index in [2.05, 4.69) is 5.32 Å². The van der Waals surface area contributed by atoms with E-state index in [4.69, 9.17) is 9.84 Å². The van der Waals surface area contributed by atoms with E-state index in [0.717, 1.165) is 5.56 Å². The highest BCUT2D eigenvalue weighted by Gasteiger charge is 2.28. The molecule has 1 rings (SSSR count). The largest absolute Gasteiger partial charge is 0.465 e. The molecule has 0 radical (unpaired) electrons. The minimum Gasteiger partial charge on any atom is -0.465 e. The summed E-state index contributed by atoms with van der Waals surface area (Å²) in [4.78, 5) is 12.1. The molecule has 2 N–H and O–H groups in total. The lowest BCUT2D eigenvalue weighted by atomic mass is 9.97. The molecule has 0 amide bonds. The molecular formula is C15H23NO3. The Labute approximate surface area is 114 Å². The Morgan fingerprint density at radius 3 is 2.53 bits per heavy atom. The lowest BCUT2D eigenvalue weighted by Gasteiger charge is -2.30. The summed E-state index contributed by atoms with van der Waals surface area (Å²) < 4.78 is 5.12. The number of hydrogen-bond acceptors (Lipinski definition) is 4. The van der Waals surface area contributed by atoms with Gasteiger partial charge in [0.2, 0.25) is 0 Å². The Hall–Kier alpha value is -1.39. The lowest BCUT2D eigenvalue weighted by molar-refractivity contribution is -0.146. The maximum absolute atomic E-state index is 12.1. The van der Waals surface area contributed by atoms with Gasteiger partial charge in [-0.15, -0.1) is 0 Å². The van der Waals surface area contributed by atoms with E-state index < -0.39 is 6.04 Å². The van der Waals surface area contributed by atoms with Crippen LogP contribution in [-0.4, -0.2) is 29.8 Å². The van der Waals surface area contributed by atoms with Crippen LogP contribution < -0.4 is 5.32 Å². The van der Waals surface area contributed by atoms with E-state index in [-0.39, 0.29) is 18.1 Å². The molecule has 0 aromatic heterocycles. The van der Waals surface area contributed by atoms with Crippen LogP contribution in [0.2, 0.25) is 0 Å². The minimum atomic E-state index is -0.511. The topological polar surface area (TPSA) is 58.6 Å². The molecule has 0 aliphatic carbocycles. The predicted octanol–water partition coefficient (Wildman–Crippen LogP) is 2.04. The second kappa shape index (κ2) is 7.26. The smallest absolute Gasteiger partial charge is 0.327 e. The highest BCUT2D eigenvalue weighted by molar-refractivity contribution is 5.77. The molecule has 0 heterocycles.